The molecule has 0 atom stereocenters. The van der Waals surface area contributed by atoms with Gasteiger partial charge in [0.1, 0.15) is 6.10 Å². The minimum absolute atomic E-state index is 0.127. The van der Waals surface area contributed by atoms with Gasteiger partial charge in [-0.1, -0.05) is 30.0 Å². The molecule has 2 rings (SSSR count). The van der Waals surface area contributed by atoms with Crippen LogP contribution < -0.4 is 0 Å². The number of thiocarbonyl (C=S) groups is 1. The lowest BCUT2D eigenvalue weighted by atomic mass is 10.1. The molecule has 4 nitrogen and oxygen atoms in total. The molecule has 0 saturated carbocycles. The van der Waals surface area contributed by atoms with E-state index in [1.165, 1.54) is 11.8 Å². The van der Waals surface area contributed by atoms with E-state index in [-0.39, 0.29) is 12.1 Å². The number of hydrogen-bond donors (Lipinski definition) is 0. The van der Waals surface area contributed by atoms with Crippen molar-refractivity contribution in [1.82, 2.24) is 5.06 Å². The first-order valence-corrected chi connectivity index (χ1v) is 8.09. The Labute approximate surface area is 128 Å². The summed E-state index contributed by atoms with van der Waals surface area (Å²) in [5.74, 6) is -0.315. The van der Waals surface area contributed by atoms with E-state index < -0.39 is 0 Å². The lowest BCUT2D eigenvalue weighted by Gasteiger charge is -2.30. The minimum Gasteiger partial charge on any atom is -0.475 e. The molecule has 20 heavy (non-hydrogen) atoms. The van der Waals surface area contributed by atoms with Crippen LogP contribution >= 0.6 is 24.0 Å². The topological polar surface area (TPSA) is 38.8 Å². The summed E-state index contributed by atoms with van der Waals surface area (Å²) in [6.07, 6.45) is 3.65. The van der Waals surface area contributed by atoms with Crippen LogP contribution in [0.2, 0.25) is 0 Å². The summed E-state index contributed by atoms with van der Waals surface area (Å²) < 4.78 is 6.18. The predicted octanol–water partition coefficient (Wildman–Crippen LogP) is 2.89. The number of nitrogens with zero attached hydrogens (tertiary/aromatic N) is 1. The molecule has 1 fully saturated rings. The van der Waals surface area contributed by atoms with Crippen molar-refractivity contribution in [2.75, 3.05) is 19.3 Å². The van der Waals surface area contributed by atoms with Crippen LogP contribution in [-0.2, 0) is 9.57 Å². The molecule has 1 aromatic rings. The third-order valence-corrected chi connectivity index (χ3v) is 4.08. The van der Waals surface area contributed by atoms with Crippen LogP contribution in [0.25, 0.3) is 0 Å². The Bertz CT molecular complexity index is 459. The van der Waals surface area contributed by atoms with E-state index >= 15 is 0 Å². The van der Waals surface area contributed by atoms with E-state index in [1.54, 1.807) is 17.2 Å². The third kappa shape index (κ3) is 4.47. The first kappa shape index (κ1) is 15.3. The first-order chi connectivity index (χ1) is 9.69. The smallest absolute Gasteiger partial charge is 0.357 e. The van der Waals surface area contributed by atoms with Gasteiger partial charge in [-0.25, -0.2) is 4.79 Å². The van der Waals surface area contributed by atoms with Crippen molar-refractivity contribution in [3.05, 3.63) is 35.9 Å². The summed E-state index contributed by atoms with van der Waals surface area (Å²) in [6.45, 7) is 1.33. The second-order valence-corrected chi connectivity index (χ2v) is 5.85. The van der Waals surface area contributed by atoms with Crippen LogP contribution in [0, 0.1) is 0 Å². The highest BCUT2D eigenvalue weighted by molar-refractivity contribution is 8.22. The van der Waals surface area contributed by atoms with Gasteiger partial charge in [0.25, 0.3) is 0 Å². The molecule has 0 aliphatic carbocycles. The molecule has 0 aromatic heterocycles. The predicted molar refractivity (Wildman–Crippen MR) is 83.7 cm³/mol. The maximum absolute atomic E-state index is 11.9. The van der Waals surface area contributed by atoms with E-state index in [0.717, 1.165) is 12.8 Å². The second-order valence-electron chi connectivity index (χ2n) is 4.45. The number of ether oxygens (including phenoxy) is 1. The Hall–Kier alpha value is -1.11. The minimum atomic E-state index is -0.315. The number of hydroxylamine groups is 2. The Morgan fingerprint density at radius 3 is 2.55 bits per heavy atom. The van der Waals surface area contributed by atoms with Crippen molar-refractivity contribution >= 4 is 34.3 Å². The maximum atomic E-state index is 11.9. The van der Waals surface area contributed by atoms with Crippen LogP contribution in [0.15, 0.2) is 30.3 Å². The van der Waals surface area contributed by atoms with Gasteiger partial charge < -0.3 is 9.57 Å². The molecule has 1 heterocycles. The van der Waals surface area contributed by atoms with E-state index in [0.29, 0.717) is 23.0 Å². The lowest BCUT2D eigenvalue weighted by molar-refractivity contribution is -0.131. The fourth-order valence-corrected chi connectivity index (χ4v) is 2.34. The fraction of sp³-hybridized carbons (Fsp3) is 0.429. The number of carbonyl (C=O) groups excluding carboxylic acids is 1. The van der Waals surface area contributed by atoms with Crippen molar-refractivity contribution < 1.29 is 14.4 Å². The number of benzene rings is 1. The van der Waals surface area contributed by atoms with Gasteiger partial charge in [0.05, 0.1) is 5.56 Å². The first-order valence-electron chi connectivity index (χ1n) is 6.46. The summed E-state index contributed by atoms with van der Waals surface area (Å²) in [6, 6.07) is 9.00. The SMILES string of the molecule is CSC(=S)OC1CCN(OC(=O)c2ccccc2)CC1. The molecule has 1 saturated heterocycles. The molecule has 1 aliphatic rings. The summed E-state index contributed by atoms with van der Waals surface area (Å²) in [7, 11) is 0. The summed E-state index contributed by atoms with van der Waals surface area (Å²) in [4.78, 5) is 17.3. The Kier molecular flexibility index (Phi) is 5.82. The standard InChI is InChI=1S/C14H17NO3S2/c1-20-14(19)17-12-7-9-15(10-8-12)18-13(16)11-5-3-2-4-6-11/h2-6,12H,7-10H2,1H3. The van der Waals surface area contributed by atoms with Gasteiger partial charge in [0.15, 0.2) is 0 Å². The molecule has 1 aromatic carbocycles. The van der Waals surface area contributed by atoms with Gasteiger partial charge in [0.2, 0.25) is 4.38 Å². The van der Waals surface area contributed by atoms with Gasteiger partial charge >= 0.3 is 5.97 Å². The van der Waals surface area contributed by atoms with Crippen molar-refractivity contribution in [2.45, 2.75) is 18.9 Å². The average molecular weight is 311 g/mol. The number of rotatable bonds is 3. The second kappa shape index (κ2) is 7.61. The lowest BCUT2D eigenvalue weighted by Crippen LogP contribution is -2.38. The molecule has 0 amide bonds. The van der Waals surface area contributed by atoms with E-state index in [1.807, 2.05) is 24.5 Å². The highest BCUT2D eigenvalue weighted by Crippen LogP contribution is 2.17. The quantitative estimate of drug-likeness (QED) is 0.799. The van der Waals surface area contributed by atoms with Gasteiger partial charge in [-0.3, -0.25) is 0 Å². The number of carbonyl (C=O) groups is 1. The highest BCUT2D eigenvalue weighted by atomic mass is 32.2. The van der Waals surface area contributed by atoms with E-state index in [9.17, 15) is 4.79 Å². The zero-order valence-corrected chi connectivity index (χ0v) is 12.9. The molecular formula is C14H17NO3S2. The molecule has 0 N–H and O–H groups in total. The zero-order valence-electron chi connectivity index (χ0n) is 11.3. The van der Waals surface area contributed by atoms with Gasteiger partial charge in [0, 0.05) is 25.9 Å². The van der Waals surface area contributed by atoms with Crippen LogP contribution in [0.5, 0.6) is 0 Å². The van der Waals surface area contributed by atoms with E-state index in [4.69, 9.17) is 21.8 Å². The normalized spacial score (nSPS) is 16.6. The molecule has 0 spiro atoms. The largest absolute Gasteiger partial charge is 0.475 e. The van der Waals surface area contributed by atoms with Gasteiger partial charge in [-0.2, -0.15) is 0 Å². The molecule has 1 aliphatic heterocycles. The fourth-order valence-electron chi connectivity index (χ4n) is 1.97. The third-order valence-electron chi connectivity index (χ3n) is 3.05. The van der Waals surface area contributed by atoms with Crippen LogP contribution in [0.4, 0.5) is 0 Å². The summed E-state index contributed by atoms with van der Waals surface area (Å²) in [5.41, 5.74) is 0.564. The number of hydrogen-bond acceptors (Lipinski definition) is 6. The molecule has 6 heteroatoms. The number of piperidine rings is 1. The van der Waals surface area contributed by atoms with Crippen LogP contribution in [0.1, 0.15) is 23.2 Å². The van der Waals surface area contributed by atoms with E-state index in [2.05, 4.69) is 0 Å². The molecule has 0 radical (unpaired) electrons. The van der Waals surface area contributed by atoms with Crippen molar-refractivity contribution in [3.8, 4) is 0 Å². The molecule has 0 unspecified atom stereocenters. The molecule has 0 bridgehead atoms. The van der Waals surface area contributed by atoms with Gasteiger partial charge in [-0.15, -0.1) is 5.06 Å². The van der Waals surface area contributed by atoms with Crippen molar-refractivity contribution in [2.24, 2.45) is 0 Å². The van der Waals surface area contributed by atoms with Gasteiger partial charge in [-0.05, 0) is 30.6 Å². The Morgan fingerprint density at radius 1 is 1.30 bits per heavy atom. The monoisotopic (exact) mass is 311 g/mol. The molecular weight excluding hydrogens is 294 g/mol. The van der Waals surface area contributed by atoms with Crippen LogP contribution in [-0.4, -0.2) is 40.9 Å². The highest BCUT2D eigenvalue weighted by Gasteiger charge is 2.24. The average Bonchev–Trinajstić information content (AvgIpc) is 2.50. The van der Waals surface area contributed by atoms with Crippen molar-refractivity contribution in [3.63, 3.8) is 0 Å². The summed E-state index contributed by atoms with van der Waals surface area (Å²) in [5, 5.41) is 1.69. The number of thioether (sulfide) groups is 1. The Morgan fingerprint density at radius 2 is 1.95 bits per heavy atom. The summed E-state index contributed by atoms with van der Waals surface area (Å²) >= 11 is 6.48. The van der Waals surface area contributed by atoms with Crippen molar-refractivity contribution in [1.29, 1.82) is 0 Å². The Balaban J connectivity index is 1.77. The molecule has 108 valence electrons. The van der Waals surface area contributed by atoms with Crippen LogP contribution in [0.3, 0.4) is 0 Å². The maximum Gasteiger partial charge on any atom is 0.357 e. The zero-order chi connectivity index (χ0) is 14.4.